The summed E-state index contributed by atoms with van der Waals surface area (Å²) < 4.78 is 0. The van der Waals surface area contributed by atoms with Crippen molar-refractivity contribution in [2.75, 3.05) is 5.32 Å². The van der Waals surface area contributed by atoms with Crippen molar-refractivity contribution in [2.24, 2.45) is 0 Å². The highest BCUT2D eigenvalue weighted by Gasteiger charge is 2.37. The molecule has 3 aromatic rings. The van der Waals surface area contributed by atoms with Gasteiger partial charge in [-0.05, 0) is 101 Å². The zero-order valence-electron chi connectivity index (χ0n) is 24.8. The lowest BCUT2D eigenvalue weighted by molar-refractivity contribution is 0.102. The van der Waals surface area contributed by atoms with E-state index in [1.807, 2.05) is 83.1 Å². The smallest absolute Gasteiger partial charge is 0.255 e. The van der Waals surface area contributed by atoms with Gasteiger partial charge in [-0.3, -0.25) is 4.79 Å². The highest BCUT2D eigenvalue weighted by atomic mass is 16.1. The lowest BCUT2D eigenvalue weighted by Crippen LogP contribution is -2.34. The number of nitrogens with one attached hydrogen (secondary N) is 1. The number of carbonyl (C=O) groups excluding carboxylic acids is 1. The molecule has 1 aliphatic rings. The van der Waals surface area contributed by atoms with Gasteiger partial charge in [0.15, 0.2) is 0 Å². The second-order valence-corrected chi connectivity index (χ2v) is 10.9. The van der Waals surface area contributed by atoms with E-state index in [-0.39, 0.29) is 16.7 Å². The lowest BCUT2D eigenvalue weighted by Gasteiger charge is -2.42. The van der Waals surface area contributed by atoms with Gasteiger partial charge in [-0.1, -0.05) is 98.4 Å². The van der Waals surface area contributed by atoms with Crippen molar-refractivity contribution in [3.05, 3.63) is 106 Å². The molecule has 0 saturated heterocycles. The average Bonchev–Trinajstić information content (AvgIpc) is 2.89. The molecule has 2 heteroatoms. The third-order valence-electron chi connectivity index (χ3n) is 7.29. The fourth-order valence-electron chi connectivity index (χ4n) is 4.95. The van der Waals surface area contributed by atoms with Gasteiger partial charge in [0.2, 0.25) is 0 Å². The van der Waals surface area contributed by atoms with Gasteiger partial charge in [-0.25, -0.2) is 0 Å². The van der Waals surface area contributed by atoms with Crippen LogP contribution in [0.3, 0.4) is 0 Å². The molecule has 0 aromatic heterocycles. The van der Waals surface area contributed by atoms with Gasteiger partial charge in [-0.2, -0.15) is 0 Å². The summed E-state index contributed by atoms with van der Waals surface area (Å²) in [5.74, 6) is -0.105. The Kier molecular flexibility index (Phi) is 10.1. The van der Waals surface area contributed by atoms with Crippen LogP contribution in [-0.4, -0.2) is 5.91 Å². The van der Waals surface area contributed by atoms with Crippen molar-refractivity contribution in [1.82, 2.24) is 0 Å². The van der Waals surface area contributed by atoms with Gasteiger partial charge in [-0.15, -0.1) is 0 Å². The fourth-order valence-corrected chi connectivity index (χ4v) is 4.95. The number of amides is 1. The Morgan fingerprint density at radius 2 is 1.27 bits per heavy atom. The second-order valence-electron chi connectivity index (χ2n) is 10.9. The van der Waals surface area contributed by atoms with Gasteiger partial charge < -0.3 is 5.32 Å². The van der Waals surface area contributed by atoms with E-state index in [1.165, 1.54) is 35.1 Å². The predicted octanol–water partition coefficient (Wildman–Crippen LogP) is 10.0. The van der Waals surface area contributed by atoms with Gasteiger partial charge in [0, 0.05) is 11.3 Å². The number of hydrogen-bond donors (Lipinski definition) is 1. The molecule has 1 aliphatic carbocycles. The van der Waals surface area contributed by atoms with Crippen molar-refractivity contribution in [2.45, 2.75) is 92.9 Å². The van der Waals surface area contributed by atoms with Gasteiger partial charge in [0.05, 0.1) is 0 Å². The molecule has 3 aromatic carbocycles. The average molecular weight is 498 g/mol. The number of benzene rings is 3. The molecule has 0 radical (unpaired) electrons. The van der Waals surface area contributed by atoms with Crippen LogP contribution < -0.4 is 5.32 Å². The summed E-state index contributed by atoms with van der Waals surface area (Å²) in [5.41, 5.74) is 10.3. The van der Waals surface area contributed by atoms with Crippen molar-refractivity contribution >= 4 is 17.2 Å². The molecule has 4 rings (SSSR count). The number of carbonyl (C=O) groups is 1. The molecule has 198 valence electrons. The molecule has 0 saturated carbocycles. The van der Waals surface area contributed by atoms with Crippen molar-refractivity contribution in [1.29, 1.82) is 0 Å². The van der Waals surface area contributed by atoms with Gasteiger partial charge >= 0.3 is 0 Å². The molecule has 0 fully saturated rings. The first-order chi connectivity index (χ1) is 17.5. The van der Waals surface area contributed by atoms with Crippen LogP contribution in [0.4, 0.5) is 5.69 Å². The van der Waals surface area contributed by atoms with E-state index in [0.717, 1.165) is 22.4 Å². The Hall–Kier alpha value is -3.13. The van der Waals surface area contributed by atoms with E-state index >= 15 is 0 Å². The maximum Gasteiger partial charge on any atom is 0.255 e. The molecule has 1 N–H and O–H groups in total. The number of fused-ring (bicyclic) bond motifs is 1. The van der Waals surface area contributed by atoms with E-state index in [2.05, 4.69) is 58.6 Å². The predicted molar refractivity (Wildman–Crippen MR) is 163 cm³/mol. The molecule has 0 bridgehead atoms. The van der Waals surface area contributed by atoms with Gasteiger partial charge in [0.1, 0.15) is 0 Å². The SMILES string of the molecule is C=C(c1ccc(C(=O)Nc2cccc(C)c2)cc1)c1cc2c(cc1C)C(C)(C)CCC2(C)C.CC.CC. The monoisotopic (exact) mass is 497 g/mol. The van der Waals surface area contributed by atoms with Crippen molar-refractivity contribution in [3.8, 4) is 0 Å². The molecular weight excluding hydrogens is 450 g/mol. The number of rotatable bonds is 4. The molecule has 0 spiro atoms. The maximum atomic E-state index is 12.7. The summed E-state index contributed by atoms with van der Waals surface area (Å²) in [4.78, 5) is 12.7. The highest BCUT2D eigenvalue weighted by Crippen LogP contribution is 2.47. The Morgan fingerprint density at radius 1 is 0.757 bits per heavy atom. The summed E-state index contributed by atoms with van der Waals surface area (Å²) in [6, 6.07) is 20.3. The third kappa shape index (κ3) is 6.80. The Morgan fingerprint density at radius 3 is 1.81 bits per heavy atom. The van der Waals surface area contributed by atoms with Crippen LogP contribution in [-0.2, 0) is 10.8 Å². The molecule has 0 unspecified atom stereocenters. The van der Waals surface area contributed by atoms with Crippen LogP contribution >= 0.6 is 0 Å². The fraction of sp³-hybridized carbons (Fsp3) is 0.400. The van der Waals surface area contributed by atoms with Gasteiger partial charge in [0.25, 0.3) is 5.91 Å². The largest absolute Gasteiger partial charge is 0.322 e. The summed E-state index contributed by atoms with van der Waals surface area (Å²) >= 11 is 0. The highest BCUT2D eigenvalue weighted by molar-refractivity contribution is 6.04. The van der Waals surface area contributed by atoms with Crippen molar-refractivity contribution in [3.63, 3.8) is 0 Å². The van der Waals surface area contributed by atoms with E-state index in [4.69, 9.17) is 0 Å². The van der Waals surface area contributed by atoms with Crippen LogP contribution in [0.2, 0.25) is 0 Å². The minimum absolute atomic E-state index is 0.105. The zero-order chi connectivity index (χ0) is 28.0. The second kappa shape index (κ2) is 12.4. The topological polar surface area (TPSA) is 29.1 Å². The summed E-state index contributed by atoms with van der Waals surface area (Å²) in [7, 11) is 0. The lowest BCUT2D eigenvalue weighted by atomic mass is 9.62. The summed E-state index contributed by atoms with van der Waals surface area (Å²) in [6.45, 7) is 26.1. The summed E-state index contributed by atoms with van der Waals surface area (Å²) in [6.07, 6.45) is 2.39. The van der Waals surface area contributed by atoms with E-state index in [0.29, 0.717) is 5.56 Å². The van der Waals surface area contributed by atoms with Crippen LogP contribution in [0.1, 0.15) is 112 Å². The summed E-state index contributed by atoms with van der Waals surface area (Å²) in [5, 5.41) is 2.98. The first-order valence-electron chi connectivity index (χ1n) is 13.8. The first-order valence-corrected chi connectivity index (χ1v) is 13.8. The first kappa shape index (κ1) is 30.1. The van der Waals surface area contributed by atoms with E-state index < -0.39 is 0 Å². The molecule has 37 heavy (non-hydrogen) atoms. The third-order valence-corrected chi connectivity index (χ3v) is 7.29. The molecule has 0 aliphatic heterocycles. The number of aryl methyl sites for hydroxylation is 2. The standard InChI is InChI=1S/C31H35NO.2C2H6/c1-20-9-8-10-25(17-20)32-29(33)24-13-11-23(12-14-24)22(3)26-19-28-27(18-21(26)2)30(4,5)15-16-31(28,6)7;2*1-2/h8-14,17-19H,3,15-16H2,1-2,4-7H3,(H,32,33);2*1-2H3. The molecule has 0 heterocycles. The zero-order valence-corrected chi connectivity index (χ0v) is 24.8. The van der Waals surface area contributed by atoms with Crippen LogP contribution in [0.25, 0.3) is 5.57 Å². The number of anilines is 1. The Labute approximate surface area is 226 Å². The van der Waals surface area contributed by atoms with Crippen LogP contribution in [0.15, 0.2) is 67.2 Å². The Balaban J connectivity index is 0.00000115. The molecular formula is C35H47NO. The minimum atomic E-state index is -0.105. The van der Waals surface area contributed by atoms with E-state index in [1.54, 1.807) is 0 Å². The maximum absolute atomic E-state index is 12.7. The van der Waals surface area contributed by atoms with E-state index in [9.17, 15) is 4.79 Å². The molecule has 1 amide bonds. The minimum Gasteiger partial charge on any atom is -0.322 e. The molecule has 0 atom stereocenters. The quantitative estimate of drug-likeness (QED) is 0.382. The Bertz CT molecular complexity index is 1230. The molecule has 2 nitrogen and oxygen atoms in total. The van der Waals surface area contributed by atoms with Crippen LogP contribution in [0, 0.1) is 13.8 Å². The normalized spacial score (nSPS) is 14.6. The van der Waals surface area contributed by atoms with Crippen LogP contribution in [0.5, 0.6) is 0 Å². The number of hydrogen-bond acceptors (Lipinski definition) is 1. The van der Waals surface area contributed by atoms with Crippen molar-refractivity contribution < 1.29 is 4.79 Å².